The van der Waals surface area contributed by atoms with Crippen LogP contribution in [0.3, 0.4) is 0 Å². The van der Waals surface area contributed by atoms with Gasteiger partial charge in [0.15, 0.2) is 0 Å². The number of benzene rings is 3. The second kappa shape index (κ2) is 10.1. The largest absolute Gasteiger partial charge is 0.497 e. The Balaban J connectivity index is 1.35. The summed E-state index contributed by atoms with van der Waals surface area (Å²) in [5.74, 6) is -0.626. The number of carbonyl (C=O) groups is 1. The molecule has 0 heterocycles. The summed E-state index contributed by atoms with van der Waals surface area (Å²) < 4.78 is 42.4. The van der Waals surface area contributed by atoms with Gasteiger partial charge in [0, 0.05) is 16.5 Å². The van der Waals surface area contributed by atoms with Gasteiger partial charge in [-0.15, -0.1) is 0 Å². The monoisotopic (exact) mass is 560 g/mol. The Bertz CT molecular complexity index is 1510. The SMILES string of the molecule is COc1ccc(F)c(-c2cc(F)c(COc3ccc4c(c3)[C@@]3(CCC4)[C@H](C(=O)O)[C@@H]3C)cc2[C@H]2CCCC2(C)C)c1. The van der Waals surface area contributed by atoms with E-state index in [1.54, 1.807) is 12.1 Å². The van der Waals surface area contributed by atoms with Gasteiger partial charge in [0.25, 0.3) is 0 Å². The molecule has 0 saturated heterocycles. The molecule has 41 heavy (non-hydrogen) atoms. The van der Waals surface area contributed by atoms with Gasteiger partial charge in [0.1, 0.15) is 29.7 Å². The van der Waals surface area contributed by atoms with Gasteiger partial charge in [-0.2, -0.15) is 0 Å². The lowest BCUT2D eigenvalue weighted by Crippen LogP contribution is -2.22. The van der Waals surface area contributed by atoms with Crippen molar-refractivity contribution < 1.29 is 28.2 Å². The molecule has 0 aliphatic heterocycles. The fourth-order valence-electron chi connectivity index (χ4n) is 8.03. The molecule has 2 fully saturated rings. The Labute approximate surface area is 240 Å². The molecule has 4 nitrogen and oxygen atoms in total. The predicted octanol–water partition coefficient (Wildman–Crippen LogP) is 8.44. The van der Waals surface area contributed by atoms with Crippen molar-refractivity contribution in [1.29, 1.82) is 0 Å². The molecule has 0 aromatic heterocycles. The van der Waals surface area contributed by atoms with Crippen LogP contribution in [0.15, 0.2) is 48.5 Å². The first-order valence-corrected chi connectivity index (χ1v) is 14.7. The number of methoxy groups -OCH3 is 1. The molecule has 6 heteroatoms. The van der Waals surface area contributed by atoms with Crippen LogP contribution in [-0.2, 0) is 23.2 Å². The summed E-state index contributed by atoms with van der Waals surface area (Å²) in [6, 6.07) is 13.8. The molecule has 3 aromatic carbocycles. The predicted molar refractivity (Wildman–Crippen MR) is 154 cm³/mol. The van der Waals surface area contributed by atoms with E-state index in [0.29, 0.717) is 28.2 Å². The minimum Gasteiger partial charge on any atom is -0.497 e. The molecule has 1 spiro atoms. The maximum absolute atomic E-state index is 15.7. The Morgan fingerprint density at radius 1 is 0.976 bits per heavy atom. The minimum absolute atomic E-state index is 0.00546. The smallest absolute Gasteiger partial charge is 0.307 e. The average molecular weight is 561 g/mol. The molecule has 0 unspecified atom stereocenters. The number of hydrogen-bond donors (Lipinski definition) is 1. The number of aryl methyl sites for hydroxylation is 1. The van der Waals surface area contributed by atoms with Gasteiger partial charge in [0.2, 0.25) is 0 Å². The highest BCUT2D eigenvalue weighted by atomic mass is 19.1. The van der Waals surface area contributed by atoms with Crippen molar-refractivity contribution in [3.8, 4) is 22.6 Å². The summed E-state index contributed by atoms with van der Waals surface area (Å²) in [6.45, 7) is 6.50. The van der Waals surface area contributed by atoms with Crippen molar-refractivity contribution in [2.75, 3.05) is 7.11 Å². The highest BCUT2D eigenvalue weighted by Gasteiger charge is 2.67. The first-order valence-electron chi connectivity index (χ1n) is 14.7. The maximum Gasteiger partial charge on any atom is 0.307 e. The lowest BCUT2D eigenvalue weighted by atomic mass is 9.75. The molecule has 0 amide bonds. The second-order valence-corrected chi connectivity index (χ2v) is 12.9. The van der Waals surface area contributed by atoms with Gasteiger partial charge in [-0.05, 0) is 114 Å². The molecule has 1 N–H and O–H groups in total. The number of ether oxygens (including phenoxy) is 2. The van der Waals surface area contributed by atoms with Gasteiger partial charge < -0.3 is 14.6 Å². The van der Waals surface area contributed by atoms with E-state index < -0.39 is 17.6 Å². The van der Waals surface area contributed by atoms with Gasteiger partial charge in [0.05, 0.1) is 13.0 Å². The summed E-state index contributed by atoms with van der Waals surface area (Å²) in [6.07, 6.45) is 5.83. The Morgan fingerprint density at radius 2 is 1.76 bits per heavy atom. The van der Waals surface area contributed by atoms with E-state index >= 15 is 8.78 Å². The van der Waals surface area contributed by atoms with Crippen LogP contribution in [0.25, 0.3) is 11.1 Å². The van der Waals surface area contributed by atoms with E-state index in [0.717, 1.165) is 49.7 Å². The van der Waals surface area contributed by atoms with Crippen molar-refractivity contribution in [3.05, 3.63) is 82.4 Å². The number of halogens is 2. The first-order chi connectivity index (χ1) is 19.6. The van der Waals surface area contributed by atoms with E-state index in [1.807, 2.05) is 31.2 Å². The van der Waals surface area contributed by atoms with E-state index in [9.17, 15) is 9.90 Å². The van der Waals surface area contributed by atoms with E-state index in [1.165, 1.54) is 24.8 Å². The number of hydrogen-bond acceptors (Lipinski definition) is 3. The van der Waals surface area contributed by atoms with E-state index in [2.05, 4.69) is 13.8 Å². The Hall–Kier alpha value is -3.41. The topological polar surface area (TPSA) is 55.8 Å². The third-order valence-electron chi connectivity index (χ3n) is 10.4. The van der Waals surface area contributed by atoms with Crippen molar-refractivity contribution in [2.45, 2.75) is 77.2 Å². The molecule has 3 aliphatic carbocycles. The molecule has 6 rings (SSSR count). The van der Waals surface area contributed by atoms with Gasteiger partial charge in [-0.25, -0.2) is 8.78 Å². The third kappa shape index (κ3) is 4.60. The van der Waals surface area contributed by atoms with Crippen LogP contribution < -0.4 is 9.47 Å². The molecule has 216 valence electrons. The lowest BCUT2D eigenvalue weighted by Gasteiger charge is -2.30. The highest BCUT2D eigenvalue weighted by molar-refractivity contribution is 5.79. The zero-order valence-electron chi connectivity index (χ0n) is 24.2. The zero-order chi connectivity index (χ0) is 29.1. The number of carboxylic acids is 1. The van der Waals surface area contributed by atoms with Crippen LogP contribution >= 0.6 is 0 Å². The number of rotatable bonds is 7. The standard InChI is InChI=1S/C35H38F2O4/c1-20-32(33(38)39)35(20)14-5-7-21-9-10-24(17-29(21)35)41-19-22-15-26(28-8-6-13-34(28,2)3)25(18-31(22)37)27-16-23(40-4)11-12-30(27)36/h9-12,15-18,20,28,32H,5-8,13-14,19H2,1-4H3,(H,38,39)/t20-,28+,32-,35-/m0/s1. The third-order valence-corrected chi connectivity index (χ3v) is 10.4. The molecule has 0 bridgehead atoms. The molecule has 0 radical (unpaired) electrons. The van der Waals surface area contributed by atoms with Gasteiger partial charge in [-0.3, -0.25) is 4.79 Å². The lowest BCUT2D eigenvalue weighted by molar-refractivity contribution is -0.139. The summed E-state index contributed by atoms with van der Waals surface area (Å²) in [5.41, 5.74) is 4.15. The quantitative estimate of drug-likeness (QED) is 0.315. The van der Waals surface area contributed by atoms with Gasteiger partial charge >= 0.3 is 5.97 Å². The fourth-order valence-corrected chi connectivity index (χ4v) is 8.03. The van der Waals surface area contributed by atoms with Crippen LogP contribution in [0.4, 0.5) is 8.78 Å². The van der Waals surface area contributed by atoms with Crippen molar-refractivity contribution in [3.63, 3.8) is 0 Å². The molecule has 3 aliphatic rings. The summed E-state index contributed by atoms with van der Waals surface area (Å²) in [5, 5.41) is 9.82. The van der Waals surface area contributed by atoms with Gasteiger partial charge in [-0.1, -0.05) is 33.3 Å². The zero-order valence-corrected chi connectivity index (χ0v) is 24.2. The highest BCUT2D eigenvalue weighted by Crippen LogP contribution is 2.65. The first kappa shape index (κ1) is 27.7. The average Bonchev–Trinajstić information content (AvgIpc) is 3.36. The number of fused-ring (bicyclic) bond motifs is 2. The molecular formula is C35H38F2O4. The van der Waals surface area contributed by atoms with Crippen molar-refractivity contribution in [2.24, 2.45) is 17.3 Å². The molecular weight excluding hydrogens is 522 g/mol. The summed E-state index contributed by atoms with van der Waals surface area (Å²) in [4.78, 5) is 12.0. The second-order valence-electron chi connectivity index (χ2n) is 12.9. The van der Waals surface area contributed by atoms with Crippen molar-refractivity contribution >= 4 is 5.97 Å². The van der Waals surface area contributed by atoms with Crippen LogP contribution in [-0.4, -0.2) is 18.2 Å². The van der Waals surface area contributed by atoms with Crippen LogP contribution in [0.2, 0.25) is 0 Å². The minimum atomic E-state index is -0.742. The Morgan fingerprint density at radius 3 is 2.44 bits per heavy atom. The van der Waals surface area contributed by atoms with E-state index in [4.69, 9.17) is 9.47 Å². The van der Waals surface area contributed by atoms with E-state index in [-0.39, 0.29) is 35.2 Å². The van der Waals surface area contributed by atoms with Crippen LogP contribution in [0.1, 0.15) is 81.0 Å². The molecule has 4 atom stereocenters. The molecule has 2 saturated carbocycles. The van der Waals surface area contributed by atoms with Crippen LogP contribution in [0.5, 0.6) is 11.5 Å². The summed E-state index contributed by atoms with van der Waals surface area (Å²) in [7, 11) is 1.53. The van der Waals surface area contributed by atoms with Crippen LogP contribution in [0, 0.1) is 28.9 Å². The normalized spacial score (nSPS) is 26.0. The van der Waals surface area contributed by atoms with Crippen molar-refractivity contribution in [1.82, 2.24) is 0 Å². The fraction of sp³-hybridized carbons (Fsp3) is 0.457. The number of carboxylic acid groups (broad SMARTS) is 1. The Kier molecular flexibility index (Phi) is 6.87. The number of aliphatic carboxylic acids is 1. The molecule has 3 aromatic rings. The maximum atomic E-state index is 15.7. The summed E-state index contributed by atoms with van der Waals surface area (Å²) >= 11 is 0.